The molecule has 0 aliphatic carbocycles. The highest BCUT2D eigenvalue weighted by Gasteiger charge is 2.20. The third-order valence-electron chi connectivity index (χ3n) is 2.40. The molecule has 1 atom stereocenters. The van der Waals surface area contributed by atoms with Gasteiger partial charge in [0.2, 0.25) is 0 Å². The lowest BCUT2D eigenvalue weighted by molar-refractivity contribution is -0.139. The highest BCUT2D eigenvalue weighted by Crippen LogP contribution is 2.09. The van der Waals surface area contributed by atoms with Gasteiger partial charge in [0, 0.05) is 5.56 Å². The van der Waals surface area contributed by atoms with Gasteiger partial charge in [-0.15, -0.1) is 0 Å². The normalized spacial score (nSPS) is 11.9. The van der Waals surface area contributed by atoms with Crippen molar-refractivity contribution in [2.45, 2.75) is 12.5 Å². The molecule has 7 heteroatoms. The van der Waals surface area contributed by atoms with Gasteiger partial charge in [-0.3, -0.25) is 4.79 Å². The number of rotatable bonds is 6. The quantitative estimate of drug-likeness (QED) is 0.839. The van der Waals surface area contributed by atoms with E-state index in [0.717, 1.165) is 18.2 Å². The summed E-state index contributed by atoms with van der Waals surface area (Å²) in [4.78, 5) is 22.7. The predicted octanol–water partition coefficient (Wildman–Crippen LogP) is 1.90. The first-order valence-electron chi connectivity index (χ1n) is 5.43. The third-order valence-corrected chi connectivity index (χ3v) is 3.04. The third kappa shape index (κ3) is 4.51. The molecule has 0 bridgehead atoms. The number of aliphatic carboxylic acids is 1. The number of benzene rings is 1. The predicted molar refractivity (Wildman–Crippen MR) is 68.2 cm³/mol. The number of carboxylic acid groups (broad SMARTS) is 1. The zero-order valence-corrected chi connectivity index (χ0v) is 11.0. The first-order chi connectivity index (χ1) is 8.95. The number of amides is 1. The van der Waals surface area contributed by atoms with E-state index in [1.54, 1.807) is 0 Å². The fraction of sp³-hybridized carbons (Fsp3) is 0.333. The summed E-state index contributed by atoms with van der Waals surface area (Å²) in [5.41, 5.74) is -0.116. The van der Waals surface area contributed by atoms with Gasteiger partial charge in [-0.25, -0.2) is 13.6 Å². The maximum atomic E-state index is 13.0. The van der Waals surface area contributed by atoms with Crippen LogP contribution in [0.1, 0.15) is 16.8 Å². The molecule has 0 aromatic heterocycles. The summed E-state index contributed by atoms with van der Waals surface area (Å²) < 4.78 is 25.7. The topological polar surface area (TPSA) is 66.4 Å². The molecule has 0 radical (unpaired) electrons. The van der Waals surface area contributed by atoms with Crippen molar-refractivity contribution in [2.24, 2.45) is 0 Å². The van der Waals surface area contributed by atoms with Crippen molar-refractivity contribution >= 4 is 23.6 Å². The van der Waals surface area contributed by atoms with Crippen molar-refractivity contribution in [3.8, 4) is 0 Å². The van der Waals surface area contributed by atoms with E-state index in [0.29, 0.717) is 5.75 Å². The molecule has 0 fully saturated rings. The number of halogens is 2. The summed E-state index contributed by atoms with van der Waals surface area (Å²) in [6.07, 6.45) is 2.07. The molecule has 104 valence electrons. The van der Waals surface area contributed by atoms with E-state index >= 15 is 0 Å². The Morgan fingerprint density at radius 2 is 2.05 bits per heavy atom. The lowest BCUT2D eigenvalue weighted by Gasteiger charge is -2.13. The van der Waals surface area contributed by atoms with Crippen LogP contribution in [0, 0.1) is 11.6 Å². The van der Waals surface area contributed by atoms with Gasteiger partial charge < -0.3 is 10.4 Å². The van der Waals surface area contributed by atoms with E-state index in [1.165, 1.54) is 11.8 Å². The van der Waals surface area contributed by atoms with Gasteiger partial charge in [-0.2, -0.15) is 11.8 Å². The van der Waals surface area contributed by atoms with Crippen molar-refractivity contribution in [1.29, 1.82) is 0 Å². The van der Waals surface area contributed by atoms with Crippen LogP contribution in [0.15, 0.2) is 18.2 Å². The van der Waals surface area contributed by atoms with Crippen molar-refractivity contribution < 1.29 is 23.5 Å². The van der Waals surface area contributed by atoms with Crippen molar-refractivity contribution in [3.63, 3.8) is 0 Å². The highest BCUT2D eigenvalue weighted by molar-refractivity contribution is 7.98. The van der Waals surface area contributed by atoms with E-state index in [2.05, 4.69) is 5.32 Å². The smallest absolute Gasteiger partial charge is 0.326 e. The molecule has 0 spiro atoms. The Kier molecular flexibility index (Phi) is 5.75. The van der Waals surface area contributed by atoms with Crippen LogP contribution in [-0.4, -0.2) is 35.0 Å². The monoisotopic (exact) mass is 289 g/mol. The number of hydrogen-bond acceptors (Lipinski definition) is 3. The maximum Gasteiger partial charge on any atom is 0.326 e. The molecule has 1 aromatic rings. The molecule has 0 saturated heterocycles. The summed E-state index contributed by atoms with van der Waals surface area (Å²) in [6.45, 7) is 0. The summed E-state index contributed by atoms with van der Waals surface area (Å²) in [5.74, 6) is -3.55. The van der Waals surface area contributed by atoms with E-state index < -0.39 is 29.6 Å². The minimum absolute atomic E-state index is 0.116. The molecule has 1 amide bonds. The summed E-state index contributed by atoms with van der Waals surface area (Å²) >= 11 is 1.45. The average Bonchev–Trinajstić information content (AvgIpc) is 2.37. The first kappa shape index (κ1) is 15.4. The standard InChI is InChI=1S/C12H13F2NO3S/c1-19-5-4-10(12(17)18)15-11(16)7-2-3-8(13)9(14)6-7/h2-3,6,10H,4-5H2,1H3,(H,15,16)(H,17,18)/t10-/m1/s1. The molecule has 19 heavy (non-hydrogen) atoms. The van der Waals surface area contributed by atoms with E-state index in [4.69, 9.17) is 5.11 Å². The molecule has 0 saturated carbocycles. The molecule has 0 heterocycles. The largest absolute Gasteiger partial charge is 0.480 e. The molecule has 0 unspecified atom stereocenters. The van der Waals surface area contributed by atoms with Crippen LogP contribution >= 0.6 is 11.8 Å². The van der Waals surface area contributed by atoms with Crippen LogP contribution in [0.2, 0.25) is 0 Å². The van der Waals surface area contributed by atoms with Crippen LogP contribution in [0.3, 0.4) is 0 Å². The fourth-order valence-electron chi connectivity index (χ4n) is 1.37. The Hall–Kier alpha value is -1.63. The summed E-state index contributed by atoms with van der Waals surface area (Å²) in [7, 11) is 0. The van der Waals surface area contributed by atoms with E-state index in [1.807, 2.05) is 6.26 Å². The Balaban J connectivity index is 2.75. The summed E-state index contributed by atoms with van der Waals surface area (Å²) in [6, 6.07) is 1.61. The Morgan fingerprint density at radius 1 is 1.37 bits per heavy atom. The number of nitrogens with one attached hydrogen (secondary N) is 1. The van der Waals surface area contributed by atoms with Crippen LogP contribution in [0.4, 0.5) is 8.78 Å². The molecule has 0 aliphatic rings. The van der Waals surface area contributed by atoms with Gasteiger partial charge in [0.25, 0.3) is 5.91 Å². The maximum absolute atomic E-state index is 13.0. The number of carbonyl (C=O) groups is 2. The van der Waals surface area contributed by atoms with Gasteiger partial charge in [0.15, 0.2) is 11.6 Å². The van der Waals surface area contributed by atoms with Gasteiger partial charge in [0.1, 0.15) is 6.04 Å². The van der Waals surface area contributed by atoms with Gasteiger partial charge in [0.05, 0.1) is 0 Å². The van der Waals surface area contributed by atoms with E-state index in [9.17, 15) is 18.4 Å². The molecule has 2 N–H and O–H groups in total. The van der Waals surface area contributed by atoms with Crippen LogP contribution < -0.4 is 5.32 Å². The summed E-state index contributed by atoms with van der Waals surface area (Å²) in [5, 5.41) is 11.2. The first-order valence-corrected chi connectivity index (χ1v) is 6.82. The lowest BCUT2D eigenvalue weighted by Crippen LogP contribution is -2.41. The second-order valence-corrected chi connectivity index (χ2v) is 4.76. The number of carboxylic acids is 1. The second-order valence-electron chi connectivity index (χ2n) is 3.77. The number of hydrogen-bond donors (Lipinski definition) is 2. The van der Waals surface area contributed by atoms with Crippen LogP contribution in [-0.2, 0) is 4.79 Å². The zero-order chi connectivity index (χ0) is 14.4. The Labute approximate surface area is 113 Å². The Morgan fingerprint density at radius 3 is 2.58 bits per heavy atom. The number of carbonyl (C=O) groups excluding carboxylic acids is 1. The molecular formula is C12H13F2NO3S. The fourth-order valence-corrected chi connectivity index (χ4v) is 1.84. The van der Waals surface area contributed by atoms with Crippen LogP contribution in [0.25, 0.3) is 0 Å². The zero-order valence-electron chi connectivity index (χ0n) is 10.2. The molecule has 4 nitrogen and oxygen atoms in total. The molecule has 1 aromatic carbocycles. The average molecular weight is 289 g/mol. The highest BCUT2D eigenvalue weighted by atomic mass is 32.2. The van der Waals surface area contributed by atoms with Crippen molar-refractivity contribution in [2.75, 3.05) is 12.0 Å². The molecule has 0 aliphatic heterocycles. The minimum atomic E-state index is -1.16. The SMILES string of the molecule is CSCC[C@@H](NC(=O)c1ccc(F)c(F)c1)C(=O)O. The van der Waals surface area contributed by atoms with E-state index in [-0.39, 0.29) is 12.0 Å². The Bertz CT molecular complexity index is 482. The van der Waals surface area contributed by atoms with Crippen LogP contribution in [0.5, 0.6) is 0 Å². The minimum Gasteiger partial charge on any atom is -0.480 e. The second kappa shape index (κ2) is 7.08. The molecular weight excluding hydrogens is 276 g/mol. The van der Waals surface area contributed by atoms with Gasteiger partial charge >= 0.3 is 5.97 Å². The van der Waals surface area contributed by atoms with Gasteiger partial charge in [-0.05, 0) is 36.6 Å². The number of thioether (sulfide) groups is 1. The van der Waals surface area contributed by atoms with Crippen molar-refractivity contribution in [1.82, 2.24) is 5.32 Å². The van der Waals surface area contributed by atoms with Crippen molar-refractivity contribution in [3.05, 3.63) is 35.4 Å². The lowest BCUT2D eigenvalue weighted by atomic mass is 10.1. The van der Waals surface area contributed by atoms with Gasteiger partial charge in [-0.1, -0.05) is 0 Å². The molecule has 1 rings (SSSR count).